The van der Waals surface area contributed by atoms with E-state index in [-0.39, 0.29) is 5.97 Å². The molecule has 1 rings (SSSR count). The van der Waals surface area contributed by atoms with Crippen molar-refractivity contribution in [3.8, 4) is 5.75 Å². The molecule has 0 bridgehead atoms. The minimum atomic E-state index is -0.351. The van der Waals surface area contributed by atoms with E-state index in [1.165, 1.54) is 0 Å². The van der Waals surface area contributed by atoms with Gasteiger partial charge in [-0.2, -0.15) is 0 Å². The Bertz CT molecular complexity index is 415. The zero-order valence-electron chi connectivity index (χ0n) is 10.9. The summed E-state index contributed by atoms with van der Waals surface area (Å²) in [6.07, 6.45) is 0. The van der Waals surface area contributed by atoms with Crippen LogP contribution in [0.1, 0.15) is 12.5 Å². The minimum absolute atomic E-state index is 0.351. The number of carbonyl (C=O) groups is 1. The number of nitrogens with one attached hydrogen (secondary N) is 1. The first-order valence-electron chi connectivity index (χ1n) is 5.86. The molecule has 4 nitrogen and oxygen atoms in total. The lowest BCUT2D eigenvalue weighted by molar-refractivity contribution is -0.138. The summed E-state index contributed by atoms with van der Waals surface area (Å²) in [5.41, 5.74) is 1.52. The van der Waals surface area contributed by atoms with E-state index in [2.05, 4.69) is 11.9 Å². The summed E-state index contributed by atoms with van der Waals surface area (Å²) in [6.45, 7) is 6.88. The van der Waals surface area contributed by atoms with Crippen molar-refractivity contribution in [1.29, 1.82) is 0 Å². The Morgan fingerprint density at radius 2 is 2.22 bits per heavy atom. The quantitative estimate of drug-likeness (QED) is 0.592. The molecule has 1 aromatic carbocycles. The maximum atomic E-state index is 11.3. The molecule has 1 N–H and O–H groups in total. The first-order valence-corrected chi connectivity index (χ1v) is 5.86. The molecule has 18 heavy (non-hydrogen) atoms. The zero-order chi connectivity index (χ0) is 13.4. The van der Waals surface area contributed by atoms with E-state index >= 15 is 0 Å². The fourth-order valence-corrected chi connectivity index (χ4v) is 1.45. The summed E-state index contributed by atoms with van der Waals surface area (Å²) in [5, 5.41) is 3.14. The van der Waals surface area contributed by atoms with Crippen LogP contribution in [0.25, 0.3) is 0 Å². The lowest BCUT2D eigenvalue weighted by atomic mass is 10.2. The Hall–Kier alpha value is -1.81. The number of ether oxygens (including phenoxy) is 2. The predicted molar refractivity (Wildman–Crippen MR) is 70.5 cm³/mol. The van der Waals surface area contributed by atoms with Crippen LogP contribution >= 0.6 is 0 Å². The maximum absolute atomic E-state index is 11.3. The molecule has 0 spiro atoms. The van der Waals surface area contributed by atoms with Crippen molar-refractivity contribution in [2.24, 2.45) is 0 Å². The molecule has 0 aromatic heterocycles. The molecule has 0 aliphatic carbocycles. The number of methoxy groups -OCH3 is 1. The van der Waals surface area contributed by atoms with Gasteiger partial charge in [0.15, 0.2) is 0 Å². The van der Waals surface area contributed by atoms with Gasteiger partial charge in [-0.25, -0.2) is 4.79 Å². The van der Waals surface area contributed by atoms with Gasteiger partial charge in [-0.05, 0) is 24.6 Å². The lowest BCUT2D eigenvalue weighted by Gasteiger charge is -2.08. The summed E-state index contributed by atoms with van der Waals surface area (Å²) in [6, 6.07) is 7.75. The molecule has 0 saturated carbocycles. The Kier molecular flexibility index (Phi) is 5.94. The number of hydrogen-bond donors (Lipinski definition) is 1. The lowest BCUT2D eigenvalue weighted by Crippen LogP contribution is -2.21. The van der Waals surface area contributed by atoms with Crippen LogP contribution in [0.15, 0.2) is 36.4 Å². The highest BCUT2D eigenvalue weighted by atomic mass is 16.5. The van der Waals surface area contributed by atoms with Gasteiger partial charge in [-0.1, -0.05) is 18.7 Å². The normalized spacial score (nSPS) is 9.89. The number of carbonyl (C=O) groups excluding carboxylic acids is 1. The average molecular weight is 249 g/mol. The van der Waals surface area contributed by atoms with Crippen LogP contribution in [0, 0.1) is 0 Å². The topological polar surface area (TPSA) is 47.6 Å². The molecule has 0 aliphatic rings. The second-order valence-electron chi connectivity index (χ2n) is 3.78. The highest BCUT2D eigenvalue weighted by Gasteiger charge is 2.06. The van der Waals surface area contributed by atoms with Crippen molar-refractivity contribution in [3.63, 3.8) is 0 Å². The number of rotatable bonds is 7. The highest BCUT2D eigenvalue weighted by molar-refractivity contribution is 5.88. The SMILES string of the molecule is C=C(CNCc1cccc(OC)c1)C(=O)OCC. The Morgan fingerprint density at radius 3 is 2.89 bits per heavy atom. The fourth-order valence-electron chi connectivity index (χ4n) is 1.45. The number of esters is 1. The number of benzene rings is 1. The molecule has 0 saturated heterocycles. The summed E-state index contributed by atoms with van der Waals surface area (Å²) in [5.74, 6) is 0.467. The predicted octanol–water partition coefficient (Wildman–Crippen LogP) is 1.90. The van der Waals surface area contributed by atoms with Crippen LogP contribution in [0.3, 0.4) is 0 Å². The van der Waals surface area contributed by atoms with Gasteiger partial charge >= 0.3 is 5.97 Å². The Morgan fingerprint density at radius 1 is 1.44 bits per heavy atom. The summed E-state index contributed by atoms with van der Waals surface area (Å²) < 4.78 is 9.98. The highest BCUT2D eigenvalue weighted by Crippen LogP contribution is 2.12. The standard InChI is InChI=1S/C14H19NO3/c1-4-18-14(16)11(2)9-15-10-12-6-5-7-13(8-12)17-3/h5-8,15H,2,4,9-10H2,1,3H3. The van der Waals surface area contributed by atoms with E-state index in [1.807, 2.05) is 24.3 Å². The smallest absolute Gasteiger partial charge is 0.334 e. The molecule has 4 heteroatoms. The Labute approximate surface area is 108 Å². The molecular weight excluding hydrogens is 230 g/mol. The largest absolute Gasteiger partial charge is 0.497 e. The monoisotopic (exact) mass is 249 g/mol. The molecule has 0 aliphatic heterocycles. The van der Waals surface area contributed by atoms with Crippen LogP contribution in [0.4, 0.5) is 0 Å². The van der Waals surface area contributed by atoms with E-state index in [0.29, 0.717) is 25.3 Å². The first kappa shape index (κ1) is 14.3. The minimum Gasteiger partial charge on any atom is -0.497 e. The van der Waals surface area contributed by atoms with Gasteiger partial charge in [0.2, 0.25) is 0 Å². The average Bonchev–Trinajstić information content (AvgIpc) is 2.39. The van der Waals surface area contributed by atoms with E-state index in [1.54, 1.807) is 14.0 Å². The van der Waals surface area contributed by atoms with Gasteiger partial charge in [-0.3, -0.25) is 0 Å². The molecule has 0 amide bonds. The van der Waals surface area contributed by atoms with Gasteiger partial charge in [0.25, 0.3) is 0 Å². The third-order valence-electron chi connectivity index (χ3n) is 2.37. The summed E-state index contributed by atoms with van der Waals surface area (Å²) in [7, 11) is 1.63. The van der Waals surface area contributed by atoms with Crippen molar-refractivity contribution >= 4 is 5.97 Å². The van der Waals surface area contributed by atoms with Crippen molar-refractivity contribution in [1.82, 2.24) is 5.32 Å². The molecule has 0 radical (unpaired) electrons. The maximum Gasteiger partial charge on any atom is 0.334 e. The second-order valence-corrected chi connectivity index (χ2v) is 3.78. The van der Waals surface area contributed by atoms with Gasteiger partial charge < -0.3 is 14.8 Å². The van der Waals surface area contributed by atoms with Gasteiger partial charge in [0.1, 0.15) is 5.75 Å². The molecule has 0 fully saturated rings. The van der Waals surface area contributed by atoms with Crippen LogP contribution in [0.5, 0.6) is 5.75 Å². The second kappa shape index (κ2) is 7.50. The molecule has 0 heterocycles. The molecule has 98 valence electrons. The van der Waals surface area contributed by atoms with Crippen LogP contribution in [-0.4, -0.2) is 26.2 Å². The van der Waals surface area contributed by atoms with Crippen molar-refractivity contribution in [3.05, 3.63) is 42.0 Å². The van der Waals surface area contributed by atoms with Gasteiger partial charge in [-0.15, -0.1) is 0 Å². The molecule has 0 unspecified atom stereocenters. The van der Waals surface area contributed by atoms with Crippen molar-refractivity contribution in [2.45, 2.75) is 13.5 Å². The van der Waals surface area contributed by atoms with Crippen LogP contribution in [0.2, 0.25) is 0 Å². The number of hydrogen-bond acceptors (Lipinski definition) is 4. The van der Waals surface area contributed by atoms with E-state index in [4.69, 9.17) is 9.47 Å². The van der Waals surface area contributed by atoms with Gasteiger partial charge in [0.05, 0.1) is 13.7 Å². The molecule has 1 aromatic rings. The third kappa shape index (κ3) is 4.59. The first-order chi connectivity index (χ1) is 8.67. The van der Waals surface area contributed by atoms with Gasteiger partial charge in [0, 0.05) is 18.7 Å². The molecular formula is C14H19NO3. The fraction of sp³-hybridized carbons (Fsp3) is 0.357. The summed E-state index contributed by atoms with van der Waals surface area (Å²) >= 11 is 0. The van der Waals surface area contributed by atoms with Crippen molar-refractivity contribution < 1.29 is 14.3 Å². The van der Waals surface area contributed by atoms with E-state index < -0.39 is 0 Å². The third-order valence-corrected chi connectivity index (χ3v) is 2.37. The molecule has 0 atom stereocenters. The van der Waals surface area contributed by atoms with Crippen molar-refractivity contribution in [2.75, 3.05) is 20.3 Å². The van der Waals surface area contributed by atoms with E-state index in [9.17, 15) is 4.79 Å². The zero-order valence-corrected chi connectivity index (χ0v) is 10.9. The summed E-state index contributed by atoms with van der Waals surface area (Å²) in [4.78, 5) is 11.3. The van der Waals surface area contributed by atoms with Crippen LogP contribution < -0.4 is 10.1 Å². The van der Waals surface area contributed by atoms with E-state index in [0.717, 1.165) is 11.3 Å². The van der Waals surface area contributed by atoms with Crippen LogP contribution in [-0.2, 0) is 16.1 Å². The Balaban J connectivity index is 2.37.